The van der Waals surface area contributed by atoms with Gasteiger partial charge in [0.2, 0.25) is 0 Å². The van der Waals surface area contributed by atoms with Crippen molar-refractivity contribution in [3.63, 3.8) is 0 Å². The molecule has 1 aromatic carbocycles. The Morgan fingerprint density at radius 1 is 1.32 bits per heavy atom. The zero-order chi connectivity index (χ0) is 15.9. The van der Waals surface area contributed by atoms with Gasteiger partial charge in [-0.05, 0) is 24.6 Å². The summed E-state index contributed by atoms with van der Waals surface area (Å²) in [5.41, 5.74) is 6.87. The van der Waals surface area contributed by atoms with Crippen LogP contribution in [0.15, 0.2) is 29.4 Å². The van der Waals surface area contributed by atoms with Gasteiger partial charge in [0.15, 0.2) is 17.5 Å². The number of aliphatic imine (C=N–C) groups is 1. The van der Waals surface area contributed by atoms with E-state index in [9.17, 15) is 0 Å². The third-order valence-electron chi connectivity index (χ3n) is 2.99. The predicted octanol–water partition coefficient (Wildman–Crippen LogP) is 2.07. The Labute approximate surface area is 134 Å². The van der Waals surface area contributed by atoms with Crippen molar-refractivity contribution in [2.45, 2.75) is 20.0 Å². The van der Waals surface area contributed by atoms with Gasteiger partial charge in [0, 0.05) is 11.1 Å². The van der Waals surface area contributed by atoms with Gasteiger partial charge in [-0.3, -0.25) is 0 Å². The van der Waals surface area contributed by atoms with Crippen LogP contribution in [0.25, 0.3) is 0 Å². The van der Waals surface area contributed by atoms with Crippen molar-refractivity contribution in [1.29, 1.82) is 0 Å². The molecule has 1 heterocycles. The minimum Gasteiger partial charge on any atom is -0.493 e. The van der Waals surface area contributed by atoms with Crippen LogP contribution in [0.5, 0.6) is 11.5 Å². The minimum atomic E-state index is 0.404. The van der Waals surface area contributed by atoms with E-state index in [0.29, 0.717) is 30.5 Å². The quantitative estimate of drug-likeness (QED) is 0.629. The van der Waals surface area contributed by atoms with Crippen LogP contribution in [0.4, 0.5) is 0 Å². The predicted molar refractivity (Wildman–Crippen MR) is 88.6 cm³/mol. The second kappa shape index (κ2) is 7.65. The first kappa shape index (κ1) is 16.1. The van der Waals surface area contributed by atoms with Crippen molar-refractivity contribution >= 4 is 17.3 Å². The van der Waals surface area contributed by atoms with Gasteiger partial charge < -0.3 is 20.5 Å². The number of hydrogen-bond acceptors (Lipinski definition) is 5. The van der Waals surface area contributed by atoms with E-state index in [1.807, 2.05) is 31.3 Å². The van der Waals surface area contributed by atoms with Crippen molar-refractivity contribution in [2.24, 2.45) is 10.7 Å². The van der Waals surface area contributed by atoms with Crippen molar-refractivity contribution in [1.82, 2.24) is 10.3 Å². The summed E-state index contributed by atoms with van der Waals surface area (Å²) in [4.78, 5) is 9.64. The fourth-order valence-corrected chi connectivity index (χ4v) is 2.61. The Balaban J connectivity index is 1.92. The molecule has 0 bridgehead atoms. The molecule has 0 aliphatic carbocycles. The van der Waals surface area contributed by atoms with E-state index in [2.05, 4.69) is 15.3 Å². The van der Waals surface area contributed by atoms with Crippen molar-refractivity contribution in [2.75, 3.05) is 14.2 Å². The van der Waals surface area contributed by atoms with E-state index >= 15 is 0 Å². The summed E-state index contributed by atoms with van der Waals surface area (Å²) < 4.78 is 10.5. The number of nitrogens with zero attached hydrogens (tertiary/aromatic N) is 2. The number of nitrogens with two attached hydrogens (primary N) is 1. The zero-order valence-corrected chi connectivity index (χ0v) is 13.7. The molecular formula is C15H20N4O2S. The molecular weight excluding hydrogens is 300 g/mol. The Bertz CT molecular complexity index is 655. The number of ether oxygens (including phenoxy) is 2. The molecule has 0 aliphatic heterocycles. The van der Waals surface area contributed by atoms with Crippen LogP contribution in [-0.2, 0) is 13.1 Å². The van der Waals surface area contributed by atoms with E-state index in [4.69, 9.17) is 15.2 Å². The number of thiazole rings is 1. The molecule has 0 saturated heterocycles. The maximum Gasteiger partial charge on any atom is 0.189 e. The van der Waals surface area contributed by atoms with Crippen LogP contribution in [0.3, 0.4) is 0 Å². The molecule has 0 amide bonds. The average Bonchev–Trinajstić information content (AvgIpc) is 2.96. The minimum absolute atomic E-state index is 0.404. The fourth-order valence-electron chi connectivity index (χ4n) is 1.88. The Kier molecular flexibility index (Phi) is 5.60. The molecule has 22 heavy (non-hydrogen) atoms. The summed E-state index contributed by atoms with van der Waals surface area (Å²) in [6.45, 7) is 3.08. The number of rotatable bonds is 6. The van der Waals surface area contributed by atoms with Gasteiger partial charge in [0.25, 0.3) is 0 Å². The molecule has 2 aromatic rings. The highest BCUT2D eigenvalue weighted by Gasteiger charge is 2.04. The number of guanidine groups is 1. The lowest BCUT2D eigenvalue weighted by Crippen LogP contribution is -2.30. The van der Waals surface area contributed by atoms with Crippen LogP contribution in [0, 0.1) is 6.92 Å². The summed E-state index contributed by atoms with van der Waals surface area (Å²) >= 11 is 1.64. The van der Waals surface area contributed by atoms with Crippen molar-refractivity contribution in [3.8, 4) is 11.5 Å². The summed E-state index contributed by atoms with van der Waals surface area (Å²) in [6, 6.07) is 5.68. The lowest BCUT2D eigenvalue weighted by atomic mass is 10.2. The molecule has 0 radical (unpaired) electrons. The van der Waals surface area contributed by atoms with Gasteiger partial charge in [-0.25, -0.2) is 9.98 Å². The maximum atomic E-state index is 5.87. The Hall–Kier alpha value is -2.28. The Morgan fingerprint density at radius 3 is 2.73 bits per heavy atom. The van der Waals surface area contributed by atoms with Gasteiger partial charge in [-0.15, -0.1) is 11.3 Å². The van der Waals surface area contributed by atoms with E-state index in [0.717, 1.165) is 15.4 Å². The summed E-state index contributed by atoms with van der Waals surface area (Å²) in [5, 5.41) is 4.12. The maximum absolute atomic E-state index is 5.87. The van der Waals surface area contributed by atoms with Gasteiger partial charge in [-0.1, -0.05) is 6.07 Å². The van der Waals surface area contributed by atoms with Crippen LogP contribution in [0.2, 0.25) is 0 Å². The number of hydrogen-bond donors (Lipinski definition) is 2. The molecule has 2 rings (SSSR count). The number of nitrogens with one attached hydrogen (secondary N) is 1. The fraction of sp³-hybridized carbons (Fsp3) is 0.333. The molecule has 3 N–H and O–H groups in total. The van der Waals surface area contributed by atoms with Crippen LogP contribution in [0.1, 0.15) is 15.4 Å². The zero-order valence-electron chi connectivity index (χ0n) is 12.9. The number of aromatic nitrogens is 1. The van der Waals surface area contributed by atoms with E-state index < -0.39 is 0 Å². The van der Waals surface area contributed by atoms with Gasteiger partial charge in [0.05, 0.1) is 32.3 Å². The smallest absolute Gasteiger partial charge is 0.189 e. The highest BCUT2D eigenvalue weighted by Crippen LogP contribution is 2.27. The van der Waals surface area contributed by atoms with E-state index in [1.54, 1.807) is 25.6 Å². The second-order valence-electron chi connectivity index (χ2n) is 4.59. The van der Waals surface area contributed by atoms with Crippen LogP contribution >= 0.6 is 11.3 Å². The summed E-state index contributed by atoms with van der Waals surface area (Å²) in [7, 11) is 3.22. The van der Waals surface area contributed by atoms with E-state index in [1.165, 1.54) is 0 Å². The molecule has 0 spiro atoms. The second-order valence-corrected chi connectivity index (χ2v) is 5.91. The van der Waals surface area contributed by atoms with Crippen LogP contribution in [-0.4, -0.2) is 25.2 Å². The third-order valence-corrected chi connectivity index (χ3v) is 3.91. The Morgan fingerprint density at radius 2 is 2.09 bits per heavy atom. The number of methoxy groups -OCH3 is 2. The molecule has 6 nitrogen and oxygen atoms in total. The lowest BCUT2D eigenvalue weighted by molar-refractivity contribution is 0.354. The summed E-state index contributed by atoms with van der Waals surface area (Å²) in [5.74, 6) is 1.78. The highest BCUT2D eigenvalue weighted by molar-refractivity contribution is 7.11. The first-order valence-corrected chi connectivity index (χ1v) is 7.60. The number of aryl methyl sites for hydroxylation is 1. The SMILES string of the molecule is COc1ccc(CN=C(N)NCc2cnc(C)s2)cc1OC. The monoisotopic (exact) mass is 320 g/mol. The molecule has 0 saturated carbocycles. The van der Waals surface area contributed by atoms with Gasteiger partial charge >= 0.3 is 0 Å². The molecule has 0 aliphatic rings. The van der Waals surface area contributed by atoms with Crippen molar-refractivity contribution < 1.29 is 9.47 Å². The summed E-state index contributed by atoms with van der Waals surface area (Å²) in [6.07, 6.45) is 1.84. The molecule has 1 aromatic heterocycles. The van der Waals surface area contributed by atoms with Gasteiger partial charge in [0.1, 0.15) is 0 Å². The molecule has 7 heteroatoms. The van der Waals surface area contributed by atoms with E-state index in [-0.39, 0.29) is 0 Å². The van der Waals surface area contributed by atoms with Gasteiger partial charge in [-0.2, -0.15) is 0 Å². The standard InChI is InChI=1S/C15H20N4O2S/c1-10-17-8-12(22-10)9-19-15(16)18-7-11-4-5-13(20-2)14(6-11)21-3/h4-6,8H,7,9H2,1-3H3,(H3,16,18,19). The van der Waals surface area contributed by atoms with Crippen LogP contribution < -0.4 is 20.5 Å². The first-order chi connectivity index (χ1) is 10.6. The lowest BCUT2D eigenvalue weighted by Gasteiger charge is -2.09. The largest absolute Gasteiger partial charge is 0.493 e. The third kappa shape index (κ3) is 4.36. The number of benzene rings is 1. The van der Waals surface area contributed by atoms with Crippen molar-refractivity contribution in [3.05, 3.63) is 39.8 Å². The molecule has 0 unspecified atom stereocenters. The average molecular weight is 320 g/mol. The molecule has 0 atom stereocenters. The normalized spacial score (nSPS) is 11.3. The highest BCUT2D eigenvalue weighted by atomic mass is 32.1. The molecule has 0 fully saturated rings. The molecule has 118 valence electrons. The first-order valence-electron chi connectivity index (χ1n) is 6.78. The topological polar surface area (TPSA) is 81.8 Å².